The minimum absolute atomic E-state index is 0.0105. The van der Waals surface area contributed by atoms with Crippen molar-refractivity contribution in [2.24, 2.45) is 0 Å². The van der Waals surface area contributed by atoms with Gasteiger partial charge in [0.1, 0.15) is 5.75 Å². The first-order valence-corrected chi connectivity index (χ1v) is 11.5. The number of carbonyl (C=O) groups is 2. The number of rotatable bonds is 7. The number of hydrogen-bond acceptors (Lipinski definition) is 5. The molecule has 8 nitrogen and oxygen atoms in total. The lowest BCUT2D eigenvalue weighted by molar-refractivity contribution is 0.0845. The maximum Gasteiger partial charge on any atom is 0.273 e. The van der Waals surface area contributed by atoms with Crippen molar-refractivity contribution in [1.82, 2.24) is 15.2 Å². The van der Waals surface area contributed by atoms with Crippen molar-refractivity contribution < 1.29 is 22.7 Å². The fourth-order valence-electron chi connectivity index (χ4n) is 3.33. The van der Waals surface area contributed by atoms with Gasteiger partial charge in [-0.25, -0.2) is 8.42 Å². The molecule has 0 heterocycles. The number of nitrogens with zero attached hydrogens (tertiary/aromatic N) is 1. The highest BCUT2D eigenvalue weighted by molar-refractivity contribution is 7.89. The van der Waals surface area contributed by atoms with E-state index in [0.717, 1.165) is 10.8 Å². The normalized spacial score (nSPS) is 11.4. The maximum absolute atomic E-state index is 12.7. The van der Waals surface area contributed by atoms with Gasteiger partial charge in [-0.3, -0.25) is 20.4 Å². The third-order valence-corrected chi connectivity index (χ3v) is 7.09. The molecule has 3 aromatic carbocycles. The number of hydrazine groups is 1. The minimum Gasteiger partial charge on any atom is -0.496 e. The Balaban J connectivity index is 1.78. The Morgan fingerprint density at radius 3 is 2.12 bits per heavy atom. The molecule has 3 rings (SSSR count). The van der Waals surface area contributed by atoms with Crippen molar-refractivity contribution >= 4 is 32.6 Å². The second kappa shape index (κ2) is 9.80. The second-order valence-corrected chi connectivity index (χ2v) is 8.86. The van der Waals surface area contributed by atoms with E-state index in [1.807, 2.05) is 24.3 Å². The predicted octanol–water partition coefficient (Wildman–Crippen LogP) is 2.95. The first-order valence-electron chi connectivity index (χ1n) is 10.1. The summed E-state index contributed by atoms with van der Waals surface area (Å²) in [6.45, 7) is 4.13. The van der Waals surface area contributed by atoms with Crippen molar-refractivity contribution in [3.8, 4) is 5.75 Å². The summed E-state index contributed by atoms with van der Waals surface area (Å²) >= 11 is 0. The summed E-state index contributed by atoms with van der Waals surface area (Å²) in [5.74, 6) is -0.842. The van der Waals surface area contributed by atoms with E-state index in [2.05, 4.69) is 10.9 Å². The lowest BCUT2D eigenvalue weighted by atomic mass is 10.1. The third kappa shape index (κ3) is 4.74. The van der Waals surface area contributed by atoms with Crippen LogP contribution >= 0.6 is 0 Å². The second-order valence-electron chi connectivity index (χ2n) is 6.93. The maximum atomic E-state index is 12.7. The topological polar surface area (TPSA) is 105 Å². The van der Waals surface area contributed by atoms with Crippen molar-refractivity contribution in [2.75, 3.05) is 20.2 Å². The van der Waals surface area contributed by atoms with E-state index >= 15 is 0 Å². The van der Waals surface area contributed by atoms with Gasteiger partial charge in [-0.05, 0) is 41.1 Å². The highest BCUT2D eigenvalue weighted by Gasteiger charge is 2.23. The van der Waals surface area contributed by atoms with Gasteiger partial charge < -0.3 is 4.74 Å². The van der Waals surface area contributed by atoms with Gasteiger partial charge in [0.05, 0.1) is 17.6 Å². The van der Waals surface area contributed by atoms with Crippen LogP contribution in [0.1, 0.15) is 34.6 Å². The van der Waals surface area contributed by atoms with Crippen LogP contribution in [0.3, 0.4) is 0 Å². The van der Waals surface area contributed by atoms with E-state index in [9.17, 15) is 18.0 Å². The van der Waals surface area contributed by atoms with E-state index in [4.69, 9.17) is 4.74 Å². The Morgan fingerprint density at radius 1 is 0.875 bits per heavy atom. The number of carbonyl (C=O) groups excluding carboxylic acids is 2. The van der Waals surface area contributed by atoms with E-state index in [1.54, 1.807) is 26.0 Å². The van der Waals surface area contributed by atoms with E-state index in [0.29, 0.717) is 18.8 Å². The SMILES string of the molecule is CCN(CC)S(=O)(=O)c1cccc(C(=O)NNC(=O)c2cc3ccccc3cc2OC)c1. The number of fused-ring (bicyclic) bond motifs is 1. The smallest absolute Gasteiger partial charge is 0.273 e. The fourth-order valence-corrected chi connectivity index (χ4v) is 4.83. The molecule has 0 unspecified atom stereocenters. The fraction of sp³-hybridized carbons (Fsp3) is 0.217. The highest BCUT2D eigenvalue weighted by atomic mass is 32.2. The quantitative estimate of drug-likeness (QED) is 0.533. The Labute approximate surface area is 187 Å². The first kappa shape index (κ1) is 23.2. The van der Waals surface area contributed by atoms with Gasteiger partial charge in [0, 0.05) is 18.7 Å². The minimum atomic E-state index is -3.71. The molecular formula is C23H25N3O5S. The number of amides is 2. The van der Waals surface area contributed by atoms with Crippen LogP contribution in [0.25, 0.3) is 10.8 Å². The summed E-state index contributed by atoms with van der Waals surface area (Å²) in [6, 6.07) is 16.6. The number of sulfonamides is 1. The lowest BCUT2D eigenvalue weighted by Crippen LogP contribution is -2.41. The van der Waals surface area contributed by atoms with E-state index in [1.165, 1.54) is 35.7 Å². The zero-order valence-corrected chi connectivity index (χ0v) is 18.9. The number of methoxy groups -OCH3 is 1. The van der Waals surface area contributed by atoms with Crippen LogP contribution < -0.4 is 15.6 Å². The summed E-state index contributed by atoms with van der Waals surface area (Å²) in [4.78, 5) is 25.3. The molecule has 0 atom stereocenters. The largest absolute Gasteiger partial charge is 0.496 e. The van der Waals surface area contributed by atoms with E-state index < -0.39 is 21.8 Å². The number of ether oxygens (including phenoxy) is 1. The Hall–Kier alpha value is -3.43. The molecule has 0 fully saturated rings. The van der Waals surface area contributed by atoms with Gasteiger partial charge in [0.25, 0.3) is 11.8 Å². The average molecular weight is 456 g/mol. The van der Waals surface area contributed by atoms with Crippen molar-refractivity contribution in [3.63, 3.8) is 0 Å². The number of benzene rings is 3. The summed E-state index contributed by atoms with van der Waals surface area (Å²) in [5.41, 5.74) is 5.05. The monoisotopic (exact) mass is 455 g/mol. The number of hydrogen-bond donors (Lipinski definition) is 2. The van der Waals surface area contributed by atoms with Crippen LogP contribution in [0.5, 0.6) is 5.75 Å². The standard InChI is InChI=1S/C23H25N3O5S/c1-4-26(5-2)32(29,30)19-12-8-11-18(13-19)22(27)24-25-23(28)20-14-16-9-6-7-10-17(16)15-21(20)31-3/h6-15H,4-5H2,1-3H3,(H,24,27)(H,25,28). The molecule has 0 aliphatic heterocycles. The summed E-state index contributed by atoms with van der Waals surface area (Å²) in [7, 11) is -2.25. The molecule has 0 saturated carbocycles. The summed E-state index contributed by atoms with van der Waals surface area (Å²) < 4.78 is 32.0. The van der Waals surface area contributed by atoms with Gasteiger partial charge in [0.2, 0.25) is 10.0 Å². The molecule has 3 aromatic rings. The van der Waals surface area contributed by atoms with Gasteiger partial charge in [0.15, 0.2) is 0 Å². The predicted molar refractivity (Wildman–Crippen MR) is 122 cm³/mol. The van der Waals surface area contributed by atoms with Crippen LogP contribution in [0.15, 0.2) is 65.6 Å². The molecule has 168 valence electrons. The molecule has 0 spiro atoms. The molecular weight excluding hydrogens is 430 g/mol. The molecule has 9 heteroatoms. The van der Waals surface area contributed by atoms with Crippen molar-refractivity contribution in [1.29, 1.82) is 0 Å². The molecule has 0 radical (unpaired) electrons. The zero-order valence-electron chi connectivity index (χ0n) is 18.1. The molecule has 0 aliphatic rings. The van der Waals surface area contributed by atoms with Gasteiger partial charge in [-0.2, -0.15) is 4.31 Å². The summed E-state index contributed by atoms with van der Waals surface area (Å²) in [6.07, 6.45) is 0. The molecule has 2 amide bonds. The molecule has 32 heavy (non-hydrogen) atoms. The lowest BCUT2D eigenvalue weighted by Gasteiger charge is -2.18. The molecule has 0 aromatic heterocycles. The van der Waals surface area contributed by atoms with Crippen molar-refractivity contribution in [3.05, 3.63) is 71.8 Å². The third-order valence-electron chi connectivity index (χ3n) is 5.04. The van der Waals surface area contributed by atoms with Gasteiger partial charge >= 0.3 is 0 Å². The Kier molecular flexibility index (Phi) is 7.12. The van der Waals surface area contributed by atoms with E-state index in [-0.39, 0.29) is 16.0 Å². The highest BCUT2D eigenvalue weighted by Crippen LogP contribution is 2.25. The average Bonchev–Trinajstić information content (AvgIpc) is 2.82. The first-order chi connectivity index (χ1) is 15.3. The summed E-state index contributed by atoms with van der Waals surface area (Å²) in [5, 5.41) is 1.76. The van der Waals surface area contributed by atoms with Crippen LogP contribution in [-0.4, -0.2) is 44.7 Å². The van der Waals surface area contributed by atoms with Crippen LogP contribution in [0, 0.1) is 0 Å². The van der Waals surface area contributed by atoms with Crippen LogP contribution in [0.4, 0.5) is 0 Å². The molecule has 0 bridgehead atoms. The van der Waals surface area contributed by atoms with Crippen molar-refractivity contribution in [2.45, 2.75) is 18.7 Å². The zero-order chi connectivity index (χ0) is 23.3. The van der Waals surface area contributed by atoms with Crippen LogP contribution in [-0.2, 0) is 10.0 Å². The molecule has 0 saturated heterocycles. The van der Waals surface area contributed by atoms with Gasteiger partial charge in [-0.15, -0.1) is 0 Å². The number of nitrogens with one attached hydrogen (secondary N) is 2. The molecule has 0 aliphatic carbocycles. The Morgan fingerprint density at radius 2 is 1.50 bits per heavy atom. The molecule has 2 N–H and O–H groups in total. The van der Waals surface area contributed by atoms with Gasteiger partial charge in [-0.1, -0.05) is 44.2 Å². The van der Waals surface area contributed by atoms with Crippen LogP contribution in [0.2, 0.25) is 0 Å². The Bertz CT molecular complexity index is 1250.